The molecule has 0 aliphatic carbocycles. The van der Waals surface area contributed by atoms with E-state index in [9.17, 15) is 13.2 Å². The minimum absolute atomic E-state index is 0.0763. The number of sulfonamides is 1. The Morgan fingerprint density at radius 2 is 1.63 bits per heavy atom. The molecule has 0 bridgehead atoms. The van der Waals surface area contributed by atoms with Crippen LogP contribution in [-0.2, 0) is 21.4 Å². The summed E-state index contributed by atoms with van der Waals surface area (Å²) in [6.07, 6.45) is 0.408. The Labute approximate surface area is 220 Å². The first-order valence-corrected chi connectivity index (χ1v) is 13.5. The summed E-state index contributed by atoms with van der Waals surface area (Å²) in [6, 6.07) is 19.5. The molecule has 0 fully saturated rings. The number of anilines is 1. The van der Waals surface area contributed by atoms with Gasteiger partial charge in [0.25, 0.3) is 10.0 Å². The average Bonchev–Trinajstić information content (AvgIpc) is 2.83. The van der Waals surface area contributed by atoms with Crippen molar-refractivity contribution in [2.24, 2.45) is 0 Å². The summed E-state index contributed by atoms with van der Waals surface area (Å²) in [6.45, 7) is 2.26. The number of hydrogen-bond acceptors (Lipinski definition) is 4. The molecule has 1 atom stereocenters. The van der Waals surface area contributed by atoms with Gasteiger partial charge in [0.2, 0.25) is 0 Å². The van der Waals surface area contributed by atoms with Crippen molar-refractivity contribution >= 4 is 56.6 Å². The molecule has 0 radical (unpaired) electrons. The third kappa shape index (κ3) is 7.51. The van der Waals surface area contributed by atoms with Crippen molar-refractivity contribution in [3.8, 4) is 0 Å². The highest BCUT2D eigenvalue weighted by Crippen LogP contribution is 2.35. The summed E-state index contributed by atoms with van der Waals surface area (Å²) in [5, 5.41) is 3.73. The standard InChI is InChI=1S/C25H25Cl3N2O4S/c1-18(6-5-15-29-25(31)34-17-19-7-3-2-4-8-19)30(24-16-21(27)11-14-23(24)28)35(32,33)22-12-9-20(26)10-13-22/h2-4,7-14,16,18H,5-6,15,17H2,1H3,(H,29,31)/t18-/m1/s1. The van der Waals surface area contributed by atoms with Crippen molar-refractivity contribution in [3.63, 3.8) is 0 Å². The molecule has 0 saturated heterocycles. The highest BCUT2D eigenvalue weighted by Gasteiger charge is 2.31. The Morgan fingerprint density at radius 1 is 0.971 bits per heavy atom. The molecule has 0 aliphatic heterocycles. The van der Waals surface area contributed by atoms with Gasteiger partial charge in [-0.3, -0.25) is 4.31 Å². The van der Waals surface area contributed by atoms with E-state index in [1.54, 1.807) is 19.1 Å². The van der Waals surface area contributed by atoms with Gasteiger partial charge in [-0.2, -0.15) is 0 Å². The summed E-state index contributed by atoms with van der Waals surface area (Å²) < 4.78 is 33.7. The van der Waals surface area contributed by atoms with Crippen molar-refractivity contribution < 1.29 is 17.9 Å². The Hall–Kier alpha value is -2.45. The fourth-order valence-electron chi connectivity index (χ4n) is 3.46. The van der Waals surface area contributed by atoms with Crippen LogP contribution in [0.5, 0.6) is 0 Å². The number of amides is 1. The van der Waals surface area contributed by atoms with Crippen molar-refractivity contribution in [1.29, 1.82) is 0 Å². The predicted molar refractivity (Wildman–Crippen MR) is 141 cm³/mol. The van der Waals surface area contributed by atoms with Crippen molar-refractivity contribution in [1.82, 2.24) is 5.32 Å². The second-order valence-electron chi connectivity index (χ2n) is 7.83. The normalized spacial score (nSPS) is 12.1. The van der Waals surface area contributed by atoms with Crippen LogP contribution in [0.25, 0.3) is 0 Å². The van der Waals surface area contributed by atoms with Gasteiger partial charge < -0.3 is 10.1 Å². The number of rotatable bonds is 10. The van der Waals surface area contributed by atoms with Gasteiger partial charge in [0.05, 0.1) is 15.6 Å². The summed E-state index contributed by atoms with van der Waals surface area (Å²) in [4.78, 5) is 12.1. The van der Waals surface area contributed by atoms with Crippen molar-refractivity contribution in [2.75, 3.05) is 10.8 Å². The van der Waals surface area contributed by atoms with Gasteiger partial charge in [-0.15, -0.1) is 0 Å². The van der Waals surface area contributed by atoms with Crippen LogP contribution in [0.3, 0.4) is 0 Å². The number of hydrogen-bond donors (Lipinski definition) is 1. The van der Waals surface area contributed by atoms with Crippen LogP contribution in [0.2, 0.25) is 15.1 Å². The van der Waals surface area contributed by atoms with Crippen LogP contribution < -0.4 is 9.62 Å². The van der Waals surface area contributed by atoms with Gasteiger partial charge in [-0.25, -0.2) is 13.2 Å². The molecule has 3 rings (SSSR count). The van der Waals surface area contributed by atoms with Crippen LogP contribution in [0.4, 0.5) is 10.5 Å². The fraction of sp³-hybridized carbons (Fsp3) is 0.240. The molecule has 0 heterocycles. The molecule has 1 amide bonds. The van der Waals surface area contributed by atoms with Crippen LogP contribution in [0.15, 0.2) is 77.7 Å². The van der Waals surface area contributed by atoms with Crippen LogP contribution in [-0.4, -0.2) is 27.1 Å². The molecule has 35 heavy (non-hydrogen) atoms. The van der Waals surface area contributed by atoms with E-state index in [1.165, 1.54) is 34.6 Å². The maximum atomic E-state index is 13.6. The third-order valence-electron chi connectivity index (χ3n) is 5.20. The van der Waals surface area contributed by atoms with E-state index < -0.39 is 22.2 Å². The van der Waals surface area contributed by atoms with E-state index in [-0.39, 0.29) is 22.2 Å². The zero-order chi connectivity index (χ0) is 25.4. The lowest BCUT2D eigenvalue weighted by Crippen LogP contribution is -2.39. The second kappa shape index (κ2) is 12.5. The average molecular weight is 556 g/mol. The maximum absolute atomic E-state index is 13.6. The second-order valence-corrected chi connectivity index (χ2v) is 10.9. The number of ether oxygens (including phenoxy) is 1. The monoisotopic (exact) mass is 554 g/mol. The number of carbonyl (C=O) groups excluding carboxylic acids is 1. The third-order valence-corrected chi connectivity index (χ3v) is 7.95. The van der Waals surface area contributed by atoms with E-state index in [2.05, 4.69) is 5.32 Å². The molecule has 3 aromatic carbocycles. The number of halogens is 3. The number of nitrogens with one attached hydrogen (secondary N) is 1. The maximum Gasteiger partial charge on any atom is 0.407 e. The summed E-state index contributed by atoms with van der Waals surface area (Å²) in [7, 11) is -3.98. The Bertz CT molecular complexity index is 1240. The first-order valence-electron chi connectivity index (χ1n) is 10.9. The van der Waals surface area contributed by atoms with E-state index in [1.807, 2.05) is 30.3 Å². The van der Waals surface area contributed by atoms with Gasteiger partial charge in [-0.05, 0) is 67.8 Å². The SMILES string of the molecule is C[C@H](CCCNC(=O)OCc1ccccc1)N(c1cc(Cl)ccc1Cl)S(=O)(=O)c1ccc(Cl)cc1. The molecule has 0 aliphatic rings. The number of carbonyl (C=O) groups is 1. The highest BCUT2D eigenvalue weighted by atomic mass is 35.5. The molecule has 3 aromatic rings. The minimum atomic E-state index is -3.98. The molecule has 0 unspecified atom stereocenters. The van der Waals surface area contributed by atoms with E-state index in [0.29, 0.717) is 29.4 Å². The van der Waals surface area contributed by atoms with Gasteiger partial charge >= 0.3 is 6.09 Å². The molecule has 6 nitrogen and oxygen atoms in total. The van der Waals surface area contributed by atoms with Gasteiger partial charge in [0.15, 0.2) is 0 Å². The lowest BCUT2D eigenvalue weighted by molar-refractivity contribution is 0.139. The first kappa shape index (κ1) is 27.1. The summed E-state index contributed by atoms with van der Waals surface area (Å²) >= 11 is 18.5. The van der Waals surface area contributed by atoms with Gasteiger partial charge in [0, 0.05) is 22.6 Å². The van der Waals surface area contributed by atoms with Crippen molar-refractivity contribution in [3.05, 3.63) is 93.4 Å². The molecule has 0 saturated carbocycles. The van der Waals surface area contributed by atoms with Crippen LogP contribution in [0, 0.1) is 0 Å². The largest absolute Gasteiger partial charge is 0.445 e. The van der Waals surface area contributed by atoms with E-state index in [4.69, 9.17) is 39.5 Å². The van der Waals surface area contributed by atoms with Gasteiger partial charge in [-0.1, -0.05) is 65.1 Å². The number of nitrogens with zero attached hydrogens (tertiary/aromatic N) is 1. The highest BCUT2D eigenvalue weighted by molar-refractivity contribution is 7.92. The molecule has 1 N–H and O–H groups in total. The van der Waals surface area contributed by atoms with E-state index >= 15 is 0 Å². The smallest absolute Gasteiger partial charge is 0.407 e. The van der Waals surface area contributed by atoms with Crippen LogP contribution in [0.1, 0.15) is 25.3 Å². The predicted octanol–water partition coefficient (Wildman–Crippen LogP) is 6.94. The Morgan fingerprint density at radius 3 is 2.31 bits per heavy atom. The Balaban J connectivity index is 1.68. The molecular weight excluding hydrogens is 531 g/mol. The van der Waals surface area contributed by atoms with Crippen molar-refractivity contribution in [2.45, 2.75) is 37.3 Å². The molecular formula is C25H25Cl3N2O4S. The topological polar surface area (TPSA) is 75.7 Å². The molecule has 0 aromatic heterocycles. The summed E-state index contributed by atoms with van der Waals surface area (Å²) in [5.41, 5.74) is 1.16. The minimum Gasteiger partial charge on any atom is -0.445 e. The molecule has 0 spiro atoms. The zero-order valence-electron chi connectivity index (χ0n) is 19.0. The van der Waals surface area contributed by atoms with Gasteiger partial charge in [0.1, 0.15) is 6.61 Å². The number of benzene rings is 3. The molecule has 186 valence electrons. The lowest BCUT2D eigenvalue weighted by atomic mass is 10.1. The quantitative estimate of drug-likeness (QED) is 0.275. The van der Waals surface area contributed by atoms with Crippen LogP contribution >= 0.6 is 34.8 Å². The summed E-state index contributed by atoms with van der Waals surface area (Å²) in [5.74, 6) is 0. The number of alkyl carbamates (subject to hydrolysis) is 1. The molecule has 10 heteroatoms. The Kier molecular flexibility index (Phi) is 9.69. The zero-order valence-corrected chi connectivity index (χ0v) is 22.0. The first-order chi connectivity index (χ1) is 16.7. The fourth-order valence-corrected chi connectivity index (χ4v) is 5.71. The lowest BCUT2D eigenvalue weighted by Gasteiger charge is -2.31. The van der Waals surface area contributed by atoms with E-state index in [0.717, 1.165) is 5.56 Å².